The topological polar surface area (TPSA) is 112 Å². The molecule has 4 heterocycles. The van der Waals surface area contributed by atoms with Crippen LogP contribution in [0.1, 0.15) is 44.6 Å². The van der Waals surface area contributed by atoms with E-state index in [4.69, 9.17) is 9.47 Å². The molecule has 2 aliphatic heterocycles. The van der Waals surface area contributed by atoms with Crippen LogP contribution in [0.2, 0.25) is 0 Å². The first-order valence-corrected chi connectivity index (χ1v) is 13.5. The number of carbonyl (C=O) groups excluding carboxylic acids is 2. The molecule has 2 amide bonds. The summed E-state index contributed by atoms with van der Waals surface area (Å²) in [4.78, 5) is 53.6. The molecule has 1 N–H and O–H groups in total. The normalized spacial score (nSPS) is 16.8. The molecule has 37 heavy (non-hydrogen) atoms. The van der Waals surface area contributed by atoms with Gasteiger partial charge in [-0.15, -0.1) is 11.3 Å². The standard InChI is InChI=1S/C26H30N4O6S/c1-17-5-2-3-10-28(17)23(32)15-30-19-9-12-37-24(19)25(33)29(26(30)34)11-4-6-22(31)27-14-18-7-8-20-21(13-18)36-16-35-20/h7-9,12-13,17H,2-6,10-11,14-16H2,1H3,(H,27,31)/t17-/m0/s1. The zero-order valence-electron chi connectivity index (χ0n) is 20.7. The summed E-state index contributed by atoms with van der Waals surface area (Å²) in [6.07, 6.45) is 3.47. The largest absolute Gasteiger partial charge is 0.454 e. The average Bonchev–Trinajstić information content (AvgIpc) is 3.57. The molecule has 5 rings (SSSR count). The molecule has 1 aromatic carbocycles. The zero-order chi connectivity index (χ0) is 25.9. The van der Waals surface area contributed by atoms with E-state index in [0.29, 0.717) is 41.2 Å². The van der Waals surface area contributed by atoms with Crippen LogP contribution in [0.4, 0.5) is 0 Å². The number of aromatic nitrogens is 2. The highest BCUT2D eigenvalue weighted by molar-refractivity contribution is 7.17. The number of rotatable bonds is 8. The molecule has 3 aromatic rings. The number of carbonyl (C=O) groups is 2. The van der Waals surface area contributed by atoms with Crippen LogP contribution in [0.3, 0.4) is 0 Å². The predicted molar refractivity (Wildman–Crippen MR) is 139 cm³/mol. The van der Waals surface area contributed by atoms with Gasteiger partial charge in [0.05, 0.1) is 5.52 Å². The van der Waals surface area contributed by atoms with Crippen LogP contribution in [0.15, 0.2) is 39.2 Å². The fourth-order valence-electron chi connectivity index (χ4n) is 4.92. The molecule has 0 saturated carbocycles. The van der Waals surface area contributed by atoms with E-state index in [0.717, 1.165) is 29.4 Å². The van der Waals surface area contributed by atoms with E-state index in [9.17, 15) is 19.2 Å². The van der Waals surface area contributed by atoms with Crippen molar-refractivity contribution in [2.75, 3.05) is 13.3 Å². The highest BCUT2D eigenvalue weighted by Crippen LogP contribution is 2.32. The van der Waals surface area contributed by atoms with Gasteiger partial charge in [-0.2, -0.15) is 0 Å². The van der Waals surface area contributed by atoms with Gasteiger partial charge in [0.1, 0.15) is 11.2 Å². The lowest BCUT2D eigenvalue weighted by Crippen LogP contribution is -2.47. The smallest absolute Gasteiger partial charge is 0.332 e. The molecule has 1 saturated heterocycles. The predicted octanol–water partition coefficient (Wildman–Crippen LogP) is 2.45. The molecule has 0 spiro atoms. The molecule has 10 nitrogen and oxygen atoms in total. The van der Waals surface area contributed by atoms with Crippen molar-refractivity contribution in [3.8, 4) is 11.5 Å². The monoisotopic (exact) mass is 526 g/mol. The first kappa shape index (κ1) is 25.1. The number of hydrogen-bond donors (Lipinski definition) is 1. The van der Waals surface area contributed by atoms with Gasteiger partial charge in [-0.25, -0.2) is 4.79 Å². The zero-order valence-corrected chi connectivity index (χ0v) is 21.6. The molecule has 0 unspecified atom stereocenters. The molecule has 1 atom stereocenters. The number of piperidine rings is 1. The van der Waals surface area contributed by atoms with E-state index in [1.165, 1.54) is 15.9 Å². The van der Waals surface area contributed by atoms with Crippen molar-refractivity contribution in [2.45, 2.75) is 64.7 Å². The van der Waals surface area contributed by atoms with Crippen LogP contribution >= 0.6 is 11.3 Å². The summed E-state index contributed by atoms with van der Waals surface area (Å²) in [6.45, 7) is 3.22. The van der Waals surface area contributed by atoms with Crippen molar-refractivity contribution in [1.82, 2.24) is 19.4 Å². The number of ether oxygens (including phenoxy) is 2. The summed E-state index contributed by atoms with van der Waals surface area (Å²) in [7, 11) is 0. The lowest BCUT2D eigenvalue weighted by Gasteiger charge is -2.33. The van der Waals surface area contributed by atoms with Crippen LogP contribution in [-0.2, 0) is 29.2 Å². The minimum atomic E-state index is -0.519. The fraction of sp³-hybridized carbons (Fsp3) is 0.462. The summed E-state index contributed by atoms with van der Waals surface area (Å²) in [5, 5.41) is 4.61. The van der Waals surface area contributed by atoms with Crippen molar-refractivity contribution in [3.63, 3.8) is 0 Å². The molecule has 11 heteroatoms. The lowest BCUT2D eigenvalue weighted by atomic mass is 10.0. The van der Waals surface area contributed by atoms with Crippen LogP contribution in [0.5, 0.6) is 11.5 Å². The van der Waals surface area contributed by atoms with Gasteiger partial charge < -0.3 is 19.7 Å². The van der Waals surface area contributed by atoms with Crippen molar-refractivity contribution < 1.29 is 19.1 Å². The SMILES string of the molecule is C[C@H]1CCCCN1C(=O)Cn1c(=O)n(CCCC(=O)NCc2ccc3c(c2)OCO3)c(=O)c2sccc21. The Hall–Kier alpha value is -3.60. The van der Waals surface area contributed by atoms with Gasteiger partial charge in [-0.3, -0.25) is 23.5 Å². The minimum Gasteiger partial charge on any atom is -0.454 e. The summed E-state index contributed by atoms with van der Waals surface area (Å²) in [6, 6.07) is 7.34. The molecule has 0 aliphatic carbocycles. The molecule has 1 fully saturated rings. The summed E-state index contributed by atoms with van der Waals surface area (Å²) in [5.74, 6) is 1.04. The van der Waals surface area contributed by atoms with Crippen LogP contribution in [0.25, 0.3) is 10.2 Å². The van der Waals surface area contributed by atoms with Crippen molar-refractivity contribution in [1.29, 1.82) is 0 Å². The number of amides is 2. The van der Waals surface area contributed by atoms with E-state index >= 15 is 0 Å². The second-order valence-electron chi connectivity index (χ2n) is 9.46. The minimum absolute atomic E-state index is 0.0945. The molecule has 2 aliphatic rings. The molecular weight excluding hydrogens is 496 g/mol. The van der Waals surface area contributed by atoms with Gasteiger partial charge in [-0.05, 0) is 61.7 Å². The van der Waals surface area contributed by atoms with Gasteiger partial charge in [0.15, 0.2) is 11.5 Å². The summed E-state index contributed by atoms with van der Waals surface area (Å²) in [5.41, 5.74) is 0.462. The Bertz CT molecular complexity index is 1440. The van der Waals surface area contributed by atoms with Crippen LogP contribution in [-0.4, -0.2) is 45.2 Å². The van der Waals surface area contributed by atoms with Gasteiger partial charge in [0.2, 0.25) is 18.6 Å². The maximum Gasteiger partial charge on any atom is 0.332 e. The highest BCUT2D eigenvalue weighted by atomic mass is 32.1. The quantitative estimate of drug-likeness (QED) is 0.483. The van der Waals surface area contributed by atoms with E-state index in [2.05, 4.69) is 5.32 Å². The first-order valence-electron chi connectivity index (χ1n) is 12.6. The Kier molecular flexibility index (Phi) is 7.31. The Morgan fingerprint density at radius 1 is 1.11 bits per heavy atom. The maximum absolute atomic E-state index is 13.3. The van der Waals surface area contributed by atoms with Crippen LogP contribution in [0, 0.1) is 0 Å². The number of hydrogen-bond acceptors (Lipinski definition) is 7. The van der Waals surface area contributed by atoms with Gasteiger partial charge in [0, 0.05) is 32.1 Å². The van der Waals surface area contributed by atoms with E-state index in [-0.39, 0.29) is 49.7 Å². The second-order valence-corrected chi connectivity index (χ2v) is 10.4. The first-order chi connectivity index (χ1) is 17.9. The Labute approximate surface area is 217 Å². The molecule has 196 valence electrons. The lowest BCUT2D eigenvalue weighted by molar-refractivity contribution is -0.135. The maximum atomic E-state index is 13.3. The van der Waals surface area contributed by atoms with Crippen molar-refractivity contribution >= 4 is 33.4 Å². The number of likely N-dealkylation sites (tertiary alicyclic amines) is 1. The Balaban J connectivity index is 1.24. The van der Waals surface area contributed by atoms with Crippen molar-refractivity contribution in [2.24, 2.45) is 0 Å². The molecule has 0 radical (unpaired) electrons. The third-order valence-corrected chi connectivity index (χ3v) is 7.86. The summed E-state index contributed by atoms with van der Waals surface area (Å²) >= 11 is 1.25. The van der Waals surface area contributed by atoms with E-state index < -0.39 is 5.69 Å². The Morgan fingerprint density at radius 3 is 2.78 bits per heavy atom. The number of fused-ring (bicyclic) bond motifs is 2. The number of nitrogens with one attached hydrogen (secondary N) is 1. The number of benzene rings is 1. The van der Waals surface area contributed by atoms with Crippen LogP contribution < -0.4 is 26.0 Å². The van der Waals surface area contributed by atoms with Gasteiger partial charge in [0.25, 0.3) is 5.56 Å². The third kappa shape index (κ3) is 5.27. The van der Waals surface area contributed by atoms with Gasteiger partial charge in [-0.1, -0.05) is 6.07 Å². The highest BCUT2D eigenvalue weighted by Gasteiger charge is 2.25. The molecular formula is C26H30N4O6S. The van der Waals surface area contributed by atoms with Crippen molar-refractivity contribution in [3.05, 3.63) is 56.0 Å². The molecule has 2 aromatic heterocycles. The second kappa shape index (κ2) is 10.8. The van der Waals surface area contributed by atoms with E-state index in [1.54, 1.807) is 17.5 Å². The Morgan fingerprint density at radius 2 is 1.95 bits per heavy atom. The average molecular weight is 527 g/mol. The summed E-state index contributed by atoms with van der Waals surface area (Å²) < 4.78 is 13.6. The van der Waals surface area contributed by atoms with E-state index in [1.807, 2.05) is 24.0 Å². The number of nitrogens with zero attached hydrogens (tertiary/aromatic N) is 3. The number of thiophene rings is 1. The third-order valence-electron chi connectivity index (χ3n) is 6.97. The van der Waals surface area contributed by atoms with Gasteiger partial charge >= 0.3 is 5.69 Å². The molecule has 0 bridgehead atoms. The fourth-order valence-corrected chi connectivity index (χ4v) is 5.76.